The lowest BCUT2D eigenvalue weighted by molar-refractivity contribution is -0.122. The third-order valence-corrected chi connectivity index (χ3v) is 7.04. The third kappa shape index (κ3) is 6.04. The first kappa shape index (κ1) is 27.7. The highest BCUT2D eigenvalue weighted by molar-refractivity contribution is 9.10. The molecule has 1 heterocycles. The van der Waals surface area contributed by atoms with Gasteiger partial charge in [-0.3, -0.25) is 14.9 Å². The first-order valence-electron chi connectivity index (χ1n) is 11.7. The highest BCUT2D eigenvalue weighted by Crippen LogP contribution is 2.36. The summed E-state index contributed by atoms with van der Waals surface area (Å²) in [7, 11) is 0. The Kier molecular flexibility index (Phi) is 8.76. The van der Waals surface area contributed by atoms with Gasteiger partial charge in [-0.05, 0) is 66.9 Å². The number of carbonyl (C=O) groups excluding carboxylic acids is 3. The molecule has 4 rings (SSSR count). The molecule has 38 heavy (non-hydrogen) atoms. The molecule has 1 aliphatic rings. The van der Waals surface area contributed by atoms with Crippen molar-refractivity contribution in [1.29, 1.82) is 0 Å². The minimum Gasteiger partial charge on any atom is -0.490 e. The maximum absolute atomic E-state index is 13.3. The van der Waals surface area contributed by atoms with Crippen LogP contribution < -0.4 is 19.7 Å². The van der Waals surface area contributed by atoms with E-state index in [1.165, 1.54) is 6.08 Å². The molecule has 1 fully saturated rings. The van der Waals surface area contributed by atoms with Crippen LogP contribution in [0.15, 0.2) is 64.6 Å². The van der Waals surface area contributed by atoms with Gasteiger partial charge < -0.3 is 9.47 Å². The van der Waals surface area contributed by atoms with Gasteiger partial charge in [0.15, 0.2) is 11.5 Å². The first-order chi connectivity index (χ1) is 18.2. The maximum Gasteiger partial charge on any atom is 0.335 e. The molecule has 10 heteroatoms. The molecule has 196 valence electrons. The van der Waals surface area contributed by atoms with Gasteiger partial charge in [-0.25, -0.2) is 9.69 Å². The molecule has 1 N–H and O–H groups in total. The zero-order valence-corrected chi connectivity index (χ0v) is 23.6. The van der Waals surface area contributed by atoms with Crippen molar-refractivity contribution < 1.29 is 23.9 Å². The number of halogens is 3. The Morgan fingerprint density at radius 1 is 0.947 bits per heavy atom. The van der Waals surface area contributed by atoms with E-state index in [0.717, 1.165) is 22.4 Å². The average Bonchev–Trinajstić information content (AvgIpc) is 2.88. The van der Waals surface area contributed by atoms with E-state index in [2.05, 4.69) is 21.2 Å². The van der Waals surface area contributed by atoms with Crippen molar-refractivity contribution in [1.82, 2.24) is 5.32 Å². The zero-order chi connectivity index (χ0) is 27.4. The molecule has 0 saturated carbocycles. The van der Waals surface area contributed by atoms with E-state index in [1.54, 1.807) is 42.5 Å². The Balaban J connectivity index is 1.65. The summed E-state index contributed by atoms with van der Waals surface area (Å²) < 4.78 is 12.3. The molecule has 0 atom stereocenters. The van der Waals surface area contributed by atoms with Crippen LogP contribution in [-0.2, 0) is 22.6 Å². The van der Waals surface area contributed by atoms with Gasteiger partial charge in [0.25, 0.3) is 11.8 Å². The first-order valence-corrected chi connectivity index (χ1v) is 13.3. The van der Waals surface area contributed by atoms with Crippen LogP contribution in [0.4, 0.5) is 10.5 Å². The SMILES string of the molecule is CCOc1cc(/C=C2/C(=O)NC(=O)N(c3ccc(CC)cc3)C2=O)c(Br)cc1OCc1ccc(Cl)cc1Cl. The predicted octanol–water partition coefficient (Wildman–Crippen LogP) is 6.96. The molecule has 0 bridgehead atoms. The molecule has 0 spiro atoms. The number of rotatable bonds is 8. The number of imide groups is 2. The minimum absolute atomic E-state index is 0.164. The fourth-order valence-electron chi connectivity index (χ4n) is 3.76. The number of barbiturate groups is 1. The molecule has 7 nitrogen and oxygen atoms in total. The normalized spacial score (nSPS) is 14.6. The molecule has 0 radical (unpaired) electrons. The van der Waals surface area contributed by atoms with Crippen molar-refractivity contribution in [2.45, 2.75) is 26.9 Å². The van der Waals surface area contributed by atoms with Crippen LogP contribution in [0.1, 0.15) is 30.5 Å². The predicted molar refractivity (Wildman–Crippen MR) is 151 cm³/mol. The number of amides is 4. The summed E-state index contributed by atoms with van der Waals surface area (Å²) in [5, 5.41) is 3.24. The van der Waals surface area contributed by atoms with Crippen molar-refractivity contribution in [2.24, 2.45) is 0 Å². The molecular weight excluding hydrogens is 595 g/mol. The number of benzene rings is 3. The van der Waals surface area contributed by atoms with Crippen LogP contribution in [0.2, 0.25) is 10.0 Å². The van der Waals surface area contributed by atoms with Gasteiger partial charge in [-0.2, -0.15) is 0 Å². The van der Waals surface area contributed by atoms with Gasteiger partial charge in [0.2, 0.25) is 0 Å². The van der Waals surface area contributed by atoms with Gasteiger partial charge in [0.1, 0.15) is 12.2 Å². The number of carbonyl (C=O) groups is 3. The van der Waals surface area contributed by atoms with Crippen molar-refractivity contribution in [2.75, 3.05) is 11.5 Å². The number of hydrogen-bond donors (Lipinski definition) is 1. The highest BCUT2D eigenvalue weighted by Gasteiger charge is 2.37. The largest absolute Gasteiger partial charge is 0.490 e. The molecule has 0 aromatic heterocycles. The lowest BCUT2D eigenvalue weighted by atomic mass is 10.1. The number of anilines is 1. The molecule has 0 aliphatic carbocycles. The second-order valence-corrected chi connectivity index (χ2v) is 9.95. The van der Waals surface area contributed by atoms with E-state index in [-0.39, 0.29) is 12.2 Å². The summed E-state index contributed by atoms with van der Waals surface area (Å²) >= 11 is 15.7. The molecule has 1 saturated heterocycles. The highest BCUT2D eigenvalue weighted by atomic mass is 79.9. The standard InChI is InChI=1S/C28H23BrCl2N2O5/c1-3-16-5-9-20(10-6-16)33-27(35)21(26(34)32-28(33)36)11-18-12-24(37-4-2)25(14-22(18)29)38-15-17-7-8-19(30)13-23(17)31/h5-14H,3-4,15H2,1-2H3,(H,32,34,36)/b21-11-. The van der Waals surface area contributed by atoms with Gasteiger partial charge in [-0.1, -0.05) is 64.3 Å². The molecule has 0 unspecified atom stereocenters. The van der Waals surface area contributed by atoms with Crippen LogP contribution >= 0.6 is 39.1 Å². The Morgan fingerprint density at radius 2 is 1.66 bits per heavy atom. The smallest absolute Gasteiger partial charge is 0.335 e. The Morgan fingerprint density at radius 3 is 2.32 bits per heavy atom. The zero-order valence-electron chi connectivity index (χ0n) is 20.5. The lowest BCUT2D eigenvalue weighted by Crippen LogP contribution is -2.54. The van der Waals surface area contributed by atoms with Gasteiger partial charge in [0, 0.05) is 20.1 Å². The van der Waals surface area contributed by atoms with E-state index in [0.29, 0.717) is 43.9 Å². The third-order valence-electron chi connectivity index (χ3n) is 5.77. The summed E-state index contributed by atoms with van der Waals surface area (Å²) in [5.41, 5.74) is 2.44. The van der Waals surface area contributed by atoms with Gasteiger partial charge in [-0.15, -0.1) is 0 Å². The molecular formula is C28H23BrCl2N2O5. The molecule has 3 aromatic carbocycles. The van der Waals surface area contributed by atoms with Crippen molar-refractivity contribution in [3.63, 3.8) is 0 Å². The number of urea groups is 1. The number of hydrogen-bond acceptors (Lipinski definition) is 5. The minimum atomic E-state index is -0.805. The molecule has 1 aliphatic heterocycles. The molecule has 4 amide bonds. The fourth-order valence-corrected chi connectivity index (χ4v) is 4.66. The topological polar surface area (TPSA) is 84.9 Å². The number of nitrogens with zero attached hydrogens (tertiary/aromatic N) is 1. The Labute approximate surface area is 238 Å². The van der Waals surface area contributed by atoms with Crippen LogP contribution in [0.25, 0.3) is 6.08 Å². The van der Waals surface area contributed by atoms with E-state index in [9.17, 15) is 14.4 Å². The summed E-state index contributed by atoms with van der Waals surface area (Å²) in [5.74, 6) is -0.687. The number of aryl methyl sites for hydroxylation is 1. The van der Waals surface area contributed by atoms with E-state index in [1.807, 2.05) is 26.0 Å². The van der Waals surface area contributed by atoms with Crippen LogP contribution in [0, 0.1) is 0 Å². The van der Waals surface area contributed by atoms with Crippen molar-refractivity contribution in [3.05, 3.63) is 91.4 Å². The lowest BCUT2D eigenvalue weighted by Gasteiger charge is -2.26. The Bertz CT molecular complexity index is 1440. The monoisotopic (exact) mass is 616 g/mol. The van der Waals surface area contributed by atoms with E-state index < -0.39 is 17.8 Å². The summed E-state index contributed by atoms with van der Waals surface area (Å²) in [4.78, 5) is 39.4. The van der Waals surface area contributed by atoms with E-state index >= 15 is 0 Å². The summed E-state index contributed by atoms with van der Waals surface area (Å²) in [6.45, 7) is 4.35. The Hall–Kier alpha value is -3.33. The average molecular weight is 618 g/mol. The van der Waals surface area contributed by atoms with E-state index in [4.69, 9.17) is 32.7 Å². The van der Waals surface area contributed by atoms with Crippen molar-refractivity contribution >= 4 is 68.7 Å². The van der Waals surface area contributed by atoms with Crippen LogP contribution in [0.3, 0.4) is 0 Å². The fraction of sp³-hybridized carbons (Fsp3) is 0.179. The second kappa shape index (κ2) is 12.0. The number of nitrogens with one attached hydrogen (secondary N) is 1. The van der Waals surface area contributed by atoms with Crippen molar-refractivity contribution in [3.8, 4) is 11.5 Å². The molecule has 3 aromatic rings. The maximum atomic E-state index is 13.3. The van der Waals surface area contributed by atoms with Crippen LogP contribution in [-0.4, -0.2) is 24.5 Å². The quantitative estimate of drug-likeness (QED) is 0.218. The van der Waals surface area contributed by atoms with Crippen LogP contribution in [0.5, 0.6) is 11.5 Å². The summed E-state index contributed by atoms with van der Waals surface area (Å²) in [6, 6.07) is 14.7. The van der Waals surface area contributed by atoms with Gasteiger partial charge >= 0.3 is 6.03 Å². The number of ether oxygens (including phenoxy) is 2. The second-order valence-electron chi connectivity index (χ2n) is 8.26. The summed E-state index contributed by atoms with van der Waals surface area (Å²) in [6.07, 6.45) is 2.22. The van der Waals surface area contributed by atoms with Gasteiger partial charge in [0.05, 0.1) is 12.3 Å².